The molecule has 0 spiro atoms. The Hall–Kier alpha value is -2.02. The molecule has 1 saturated heterocycles. The van der Waals surface area contributed by atoms with Crippen LogP contribution in [0.2, 0.25) is 0 Å². The van der Waals surface area contributed by atoms with E-state index in [4.69, 9.17) is 0 Å². The standard InChI is InChI=1S/C16H23FN6/c17-6-5-15-14-23(20-19-15)9-3-8-21-10-12-22(13-11-21)16-4-1-2-7-18-16/h1-2,4,7,14H,3,5-6,8-13H2. The van der Waals surface area contributed by atoms with Crippen LogP contribution in [0.3, 0.4) is 0 Å². The van der Waals surface area contributed by atoms with E-state index in [-0.39, 0.29) is 6.67 Å². The van der Waals surface area contributed by atoms with Crippen molar-refractivity contribution in [3.8, 4) is 0 Å². The maximum absolute atomic E-state index is 12.2. The summed E-state index contributed by atoms with van der Waals surface area (Å²) in [6, 6.07) is 6.04. The number of hydrogen-bond donors (Lipinski definition) is 0. The van der Waals surface area contributed by atoms with Gasteiger partial charge in [-0.15, -0.1) is 5.10 Å². The Morgan fingerprint density at radius 3 is 2.70 bits per heavy atom. The minimum atomic E-state index is -0.376. The van der Waals surface area contributed by atoms with Crippen LogP contribution >= 0.6 is 0 Å². The number of halogens is 1. The summed E-state index contributed by atoms with van der Waals surface area (Å²) in [7, 11) is 0. The average Bonchev–Trinajstić information content (AvgIpc) is 3.04. The summed E-state index contributed by atoms with van der Waals surface area (Å²) in [5.41, 5.74) is 0.733. The summed E-state index contributed by atoms with van der Waals surface area (Å²) >= 11 is 0. The zero-order valence-electron chi connectivity index (χ0n) is 13.3. The van der Waals surface area contributed by atoms with E-state index in [1.54, 1.807) is 0 Å². The summed E-state index contributed by atoms with van der Waals surface area (Å²) in [6.07, 6.45) is 5.08. The first-order valence-electron chi connectivity index (χ1n) is 8.18. The molecule has 0 radical (unpaired) electrons. The van der Waals surface area contributed by atoms with Crippen LogP contribution in [0.25, 0.3) is 0 Å². The van der Waals surface area contributed by atoms with Crippen LogP contribution < -0.4 is 4.90 Å². The van der Waals surface area contributed by atoms with Crippen LogP contribution in [0.4, 0.5) is 10.2 Å². The fourth-order valence-electron chi connectivity index (χ4n) is 2.86. The molecule has 1 aliphatic rings. The fraction of sp³-hybridized carbons (Fsp3) is 0.562. The number of anilines is 1. The van der Waals surface area contributed by atoms with Crippen LogP contribution in [-0.2, 0) is 13.0 Å². The van der Waals surface area contributed by atoms with E-state index in [9.17, 15) is 4.39 Å². The van der Waals surface area contributed by atoms with Crippen LogP contribution in [-0.4, -0.2) is 64.3 Å². The van der Waals surface area contributed by atoms with Gasteiger partial charge in [0.15, 0.2) is 0 Å². The van der Waals surface area contributed by atoms with Gasteiger partial charge in [0, 0.05) is 58.1 Å². The van der Waals surface area contributed by atoms with E-state index in [0.717, 1.165) is 57.2 Å². The number of nitrogens with zero attached hydrogens (tertiary/aromatic N) is 6. The van der Waals surface area contributed by atoms with Gasteiger partial charge in [-0.25, -0.2) is 4.98 Å². The Morgan fingerprint density at radius 2 is 1.96 bits per heavy atom. The number of pyridine rings is 1. The van der Waals surface area contributed by atoms with Crippen molar-refractivity contribution in [3.05, 3.63) is 36.3 Å². The molecule has 0 bridgehead atoms. The highest BCUT2D eigenvalue weighted by Crippen LogP contribution is 2.12. The first-order valence-corrected chi connectivity index (χ1v) is 8.18. The predicted molar refractivity (Wildman–Crippen MR) is 87.2 cm³/mol. The van der Waals surface area contributed by atoms with E-state index in [2.05, 4.69) is 31.2 Å². The van der Waals surface area contributed by atoms with Crippen molar-refractivity contribution in [3.63, 3.8) is 0 Å². The summed E-state index contributed by atoms with van der Waals surface area (Å²) < 4.78 is 14.1. The molecule has 2 aromatic rings. The molecule has 6 nitrogen and oxygen atoms in total. The molecule has 2 aromatic heterocycles. The van der Waals surface area contributed by atoms with E-state index in [1.807, 2.05) is 29.2 Å². The lowest BCUT2D eigenvalue weighted by Crippen LogP contribution is -2.47. The minimum absolute atomic E-state index is 0.357. The maximum Gasteiger partial charge on any atom is 0.128 e. The number of aromatic nitrogens is 4. The van der Waals surface area contributed by atoms with E-state index >= 15 is 0 Å². The molecule has 0 unspecified atom stereocenters. The molecule has 3 heterocycles. The van der Waals surface area contributed by atoms with E-state index in [1.165, 1.54) is 0 Å². The van der Waals surface area contributed by atoms with Gasteiger partial charge in [-0.05, 0) is 18.6 Å². The van der Waals surface area contributed by atoms with Crippen LogP contribution in [0.5, 0.6) is 0 Å². The zero-order valence-corrected chi connectivity index (χ0v) is 13.3. The summed E-state index contributed by atoms with van der Waals surface area (Å²) in [6.45, 7) is 5.65. The predicted octanol–water partition coefficient (Wildman–Crippen LogP) is 1.40. The maximum atomic E-state index is 12.2. The average molecular weight is 318 g/mol. The van der Waals surface area contributed by atoms with E-state index < -0.39 is 0 Å². The lowest BCUT2D eigenvalue weighted by atomic mass is 10.2. The van der Waals surface area contributed by atoms with Crippen molar-refractivity contribution in [2.75, 3.05) is 44.3 Å². The number of piperazine rings is 1. The van der Waals surface area contributed by atoms with Gasteiger partial charge in [-0.3, -0.25) is 14.0 Å². The third-order valence-electron chi connectivity index (χ3n) is 4.14. The van der Waals surface area contributed by atoms with Gasteiger partial charge in [0.25, 0.3) is 0 Å². The van der Waals surface area contributed by atoms with Gasteiger partial charge in [0.1, 0.15) is 5.82 Å². The third-order valence-corrected chi connectivity index (χ3v) is 4.14. The topological polar surface area (TPSA) is 50.1 Å². The molecule has 1 fully saturated rings. The normalized spacial score (nSPS) is 16.0. The molecule has 0 saturated carbocycles. The zero-order chi connectivity index (χ0) is 15.9. The SMILES string of the molecule is FCCc1cn(CCCN2CCN(c3ccccn3)CC2)nn1. The van der Waals surface area contributed by atoms with Gasteiger partial charge in [0.05, 0.1) is 12.4 Å². The van der Waals surface area contributed by atoms with Crippen molar-refractivity contribution in [1.29, 1.82) is 0 Å². The number of aryl methyl sites for hydroxylation is 2. The lowest BCUT2D eigenvalue weighted by Gasteiger charge is -2.35. The molecular formula is C16H23FN6. The monoisotopic (exact) mass is 318 g/mol. The first kappa shape index (κ1) is 15.9. The number of alkyl halides is 1. The molecule has 0 N–H and O–H groups in total. The highest BCUT2D eigenvalue weighted by atomic mass is 19.1. The summed E-state index contributed by atoms with van der Waals surface area (Å²) in [5, 5.41) is 7.99. The quantitative estimate of drug-likeness (QED) is 0.772. The second-order valence-corrected chi connectivity index (χ2v) is 5.78. The molecule has 3 rings (SSSR count). The van der Waals surface area contributed by atoms with Gasteiger partial charge >= 0.3 is 0 Å². The highest BCUT2D eigenvalue weighted by Gasteiger charge is 2.17. The Balaban J connectivity index is 1.37. The van der Waals surface area contributed by atoms with Crippen molar-refractivity contribution in [2.45, 2.75) is 19.4 Å². The molecule has 0 aliphatic carbocycles. The molecule has 0 aromatic carbocycles. The Morgan fingerprint density at radius 1 is 1.09 bits per heavy atom. The lowest BCUT2D eigenvalue weighted by molar-refractivity contribution is 0.248. The summed E-state index contributed by atoms with van der Waals surface area (Å²) in [5.74, 6) is 1.06. The van der Waals surface area contributed by atoms with Crippen molar-refractivity contribution in [2.24, 2.45) is 0 Å². The number of rotatable bonds is 7. The Bertz CT molecular complexity index is 579. The van der Waals surface area contributed by atoms with Gasteiger partial charge < -0.3 is 4.90 Å². The number of hydrogen-bond acceptors (Lipinski definition) is 5. The molecule has 23 heavy (non-hydrogen) atoms. The van der Waals surface area contributed by atoms with Gasteiger partial charge in [-0.1, -0.05) is 11.3 Å². The first-order chi connectivity index (χ1) is 11.3. The highest BCUT2D eigenvalue weighted by molar-refractivity contribution is 5.38. The minimum Gasteiger partial charge on any atom is -0.354 e. The second-order valence-electron chi connectivity index (χ2n) is 5.78. The van der Waals surface area contributed by atoms with Crippen molar-refractivity contribution < 1.29 is 4.39 Å². The van der Waals surface area contributed by atoms with Crippen LogP contribution in [0, 0.1) is 0 Å². The molecule has 124 valence electrons. The van der Waals surface area contributed by atoms with Gasteiger partial charge in [-0.2, -0.15) is 0 Å². The molecular weight excluding hydrogens is 295 g/mol. The third kappa shape index (κ3) is 4.48. The fourth-order valence-corrected chi connectivity index (χ4v) is 2.86. The molecule has 1 aliphatic heterocycles. The Kier molecular flexibility index (Phi) is 5.52. The molecule has 0 atom stereocenters. The largest absolute Gasteiger partial charge is 0.354 e. The second kappa shape index (κ2) is 8.01. The van der Waals surface area contributed by atoms with Crippen molar-refractivity contribution in [1.82, 2.24) is 24.9 Å². The Labute approximate surface area is 135 Å². The summed E-state index contributed by atoms with van der Waals surface area (Å²) in [4.78, 5) is 9.21. The van der Waals surface area contributed by atoms with Crippen LogP contribution in [0.1, 0.15) is 12.1 Å². The van der Waals surface area contributed by atoms with Gasteiger partial charge in [0.2, 0.25) is 0 Å². The molecule has 7 heteroatoms. The smallest absolute Gasteiger partial charge is 0.128 e. The van der Waals surface area contributed by atoms with E-state index in [0.29, 0.717) is 6.42 Å². The molecule has 0 amide bonds. The van der Waals surface area contributed by atoms with Crippen LogP contribution in [0.15, 0.2) is 30.6 Å². The van der Waals surface area contributed by atoms with Crippen molar-refractivity contribution >= 4 is 5.82 Å².